The highest BCUT2D eigenvalue weighted by Gasteiger charge is 2.18. The van der Waals surface area contributed by atoms with Crippen LogP contribution in [0.5, 0.6) is 0 Å². The van der Waals surface area contributed by atoms with E-state index in [2.05, 4.69) is 215 Å². The average molecular weight is 711 g/mol. The maximum Gasteiger partial charge on any atom is 0.0547 e. The van der Waals surface area contributed by atoms with E-state index in [4.69, 9.17) is 0 Å². The van der Waals surface area contributed by atoms with Gasteiger partial charge in [-0.1, -0.05) is 152 Å². The fourth-order valence-corrected chi connectivity index (χ4v) is 9.30. The number of rotatable bonds is 4. The largest absolute Gasteiger partial charge is 0.309 e. The van der Waals surface area contributed by atoms with Gasteiger partial charge < -0.3 is 9.13 Å². The molecule has 0 N–H and O–H groups in total. The van der Waals surface area contributed by atoms with Gasteiger partial charge >= 0.3 is 0 Å². The van der Waals surface area contributed by atoms with Crippen LogP contribution in [0, 0.1) is 0 Å². The van der Waals surface area contributed by atoms with E-state index in [0.29, 0.717) is 0 Å². The molecule has 0 saturated carbocycles. The molecular weight excluding hydrogens is 677 g/mol. The molecule has 260 valence electrons. The molecule has 0 fully saturated rings. The van der Waals surface area contributed by atoms with Crippen molar-refractivity contribution < 1.29 is 0 Å². The molecule has 2 aromatic heterocycles. The van der Waals surface area contributed by atoms with Gasteiger partial charge in [-0.15, -0.1) is 0 Å². The van der Waals surface area contributed by atoms with Crippen molar-refractivity contribution in [3.05, 3.63) is 206 Å². The molecule has 2 heteroatoms. The molecule has 10 aromatic carbocycles. The summed E-state index contributed by atoms with van der Waals surface area (Å²) in [5.74, 6) is 0. The summed E-state index contributed by atoms with van der Waals surface area (Å²) >= 11 is 0. The Kier molecular flexibility index (Phi) is 6.66. The minimum Gasteiger partial charge on any atom is -0.309 e. The molecule has 0 radical (unpaired) electrons. The van der Waals surface area contributed by atoms with E-state index >= 15 is 0 Å². The van der Waals surface area contributed by atoms with Crippen molar-refractivity contribution in [2.24, 2.45) is 0 Å². The lowest BCUT2D eigenvalue weighted by atomic mass is 9.95. The van der Waals surface area contributed by atoms with Crippen LogP contribution in [0.2, 0.25) is 0 Å². The third-order valence-corrected chi connectivity index (χ3v) is 11.9. The zero-order chi connectivity index (χ0) is 36.7. The molecule has 2 nitrogen and oxygen atoms in total. The van der Waals surface area contributed by atoms with Gasteiger partial charge in [-0.05, 0) is 104 Å². The van der Waals surface area contributed by atoms with E-state index in [0.717, 1.165) is 0 Å². The Morgan fingerprint density at radius 3 is 1.36 bits per heavy atom. The first-order valence-electron chi connectivity index (χ1n) is 19.3. The van der Waals surface area contributed by atoms with Crippen LogP contribution in [-0.4, -0.2) is 9.13 Å². The molecule has 0 bridgehead atoms. The van der Waals surface area contributed by atoms with Crippen molar-refractivity contribution in [1.29, 1.82) is 0 Å². The highest BCUT2D eigenvalue weighted by Crippen LogP contribution is 2.41. The number of aromatic nitrogens is 2. The smallest absolute Gasteiger partial charge is 0.0547 e. The summed E-state index contributed by atoms with van der Waals surface area (Å²) < 4.78 is 4.85. The Morgan fingerprint density at radius 2 is 0.696 bits per heavy atom. The van der Waals surface area contributed by atoms with E-state index in [1.165, 1.54) is 110 Å². The quantitative estimate of drug-likeness (QED) is 0.161. The van der Waals surface area contributed by atoms with Crippen LogP contribution < -0.4 is 0 Å². The minimum atomic E-state index is 1.18. The van der Waals surface area contributed by atoms with E-state index in [1.807, 2.05) is 0 Å². The van der Waals surface area contributed by atoms with E-state index in [1.54, 1.807) is 0 Å². The van der Waals surface area contributed by atoms with Crippen LogP contribution in [0.3, 0.4) is 0 Å². The average Bonchev–Trinajstić information content (AvgIpc) is 3.78. The van der Waals surface area contributed by atoms with Gasteiger partial charge in [-0.3, -0.25) is 0 Å². The van der Waals surface area contributed by atoms with Crippen LogP contribution in [0.1, 0.15) is 0 Å². The van der Waals surface area contributed by atoms with E-state index < -0.39 is 0 Å². The normalized spacial score (nSPS) is 11.9. The van der Waals surface area contributed by atoms with Crippen LogP contribution in [0.15, 0.2) is 206 Å². The predicted molar refractivity (Wildman–Crippen MR) is 239 cm³/mol. The maximum atomic E-state index is 2.48. The number of fused-ring (bicyclic) bond motifs is 11. The third kappa shape index (κ3) is 4.57. The number of benzene rings is 10. The molecule has 0 atom stereocenters. The summed E-state index contributed by atoms with van der Waals surface area (Å²) in [5.41, 5.74) is 12.1. The van der Waals surface area contributed by atoms with E-state index in [9.17, 15) is 0 Å². The lowest BCUT2D eigenvalue weighted by Crippen LogP contribution is -1.96. The Labute approximate surface area is 323 Å². The standard InChI is InChI=1S/C54H34N2/c1-2-13-40(14-3-1)55-50-20-10-8-18-45(50)48-32-38(27-30-52(48)55)35-22-24-36(25-23-35)39-28-31-53-49(33-39)46-19-9-11-21-51(46)56(53)54-34-47-41-15-5-4-12-37(41)26-29-43(47)42-16-6-7-17-44(42)54/h1-34H. The summed E-state index contributed by atoms with van der Waals surface area (Å²) in [5, 5.41) is 12.7. The lowest BCUT2D eigenvalue weighted by molar-refractivity contribution is 1.18. The number of hydrogen-bond acceptors (Lipinski definition) is 0. The highest BCUT2D eigenvalue weighted by atomic mass is 15.0. The molecule has 2 heterocycles. The van der Waals surface area contributed by atoms with Crippen molar-refractivity contribution in [2.45, 2.75) is 0 Å². The van der Waals surface area contributed by atoms with Gasteiger partial charge in [0, 0.05) is 32.6 Å². The second-order valence-corrected chi connectivity index (χ2v) is 14.9. The first-order chi connectivity index (χ1) is 27.8. The van der Waals surface area contributed by atoms with Gasteiger partial charge in [0.2, 0.25) is 0 Å². The highest BCUT2D eigenvalue weighted by molar-refractivity contribution is 6.21. The summed E-state index contributed by atoms with van der Waals surface area (Å²) in [6, 6.07) is 75.7. The predicted octanol–water partition coefficient (Wildman–Crippen LogP) is 14.7. The number of para-hydroxylation sites is 3. The maximum absolute atomic E-state index is 2.48. The van der Waals surface area contributed by atoms with Crippen molar-refractivity contribution >= 4 is 75.9 Å². The van der Waals surface area contributed by atoms with Gasteiger partial charge in [-0.25, -0.2) is 0 Å². The molecule has 0 saturated heterocycles. The Morgan fingerprint density at radius 1 is 0.232 bits per heavy atom. The summed E-state index contributed by atoms with van der Waals surface area (Å²) in [7, 11) is 0. The third-order valence-electron chi connectivity index (χ3n) is 11.9. The second-order valence-electron chi connectivity index (χ2n) is 14.9. The molecule has 0 aliphatic heterocycles. The van der Waals surface area contributed by atoms with Crippen LogP contribution in [0.25, 0.3) is 110 Å². The van der Waals surface area contributed by atoms with Crippen molar-refractivity contribution in [3.63, 3.8) is 0 Å². The Bertz CT molecular complexity index is 3510. The van der Waals surface area contributed by atoms with Gasteiger partial charge in [0.25, 0.3) is 0 Å². The Balaban J connectivity index is 0.983. The van der Waals surface area contributed by atoms with Gasteiger partial charge in [-0.2, -0.15) is 0 Å². The molecule has 0 spiro atoms. The topological polar surface area (TPSA) is 9.86 Å². The van der Waals surface area contributed by atoms with Crippen molar-refractivity contribution in [1.82, 2.24) is 9.13 Å². The molecule has 12 aromatic rings. The molecule has 0 aliphatic carbocycles. The van der Waals surface area contributed by atoms with Crippen LogP contribution in [0.4, 0.5) is 0 Å². The van der Waals surface area contributed by atoms with E-state index in [-0.39, 0.29) is 0 Å². The molecule has 0 amide bonds. The zero-order valence-corrected chi connectivity index (χ0v) is 30.5. The first kappa shape index (κ1) is 31.0. The fraction of sp³-hybridized carbons (Fsp3) is 0. The SMILES string of the molecule is c1ccc(-n2c3ccccc3c3cc(-c4ccc(-c5ccc6c(c5)c5ccccc5n6-c5cc6c7ccccc7ccc6c6ccccc56)cc4)ccc32)cc1. The minimum absolute atomic E-state index is 1.18. The first-order valence-corrected chi connectivity index (χ1v) is 19.3. The van der Waals surface area contributed by atoms with Crippen LogP contribution in [-0.2, 0) is 0 Å². The zero-order valence-electron chi connectivity index (χ0n) is 30.5. The molecule has 0 aliphatic rings. The number of nitrogens with zero attached hydrogens (tertiary/aromatic N) is 2. The monoisotopic (exact) mass is 710 g/mol. The van der Waals surface area contributed by atoms with Crippen molar-refractivity contribution in [2.75, 3.05) is 0 Å². The van der Waals surface area contributed by atoms with Gasteiger partial charge in [0.15, 0.2) is 0 Å². The molecule has 12 rings (SSSR count). The molecular formula is C54H34N2. The molecule has 56 heavy (non-hydrogen) atoms. The second kappa shape index (κ2) is 12.0. The van der Waals surface area contributed by atoms with Crippen molar-refractivity contribution in [3.8, 4) is 33.6 Å². The van der Waals surface area contributed by atoms with Crippen LogP contribution >= 0.6 is 0 Å². The lowest BCUT2D eigenvalue weighted by Gasteiger charge is -2.15. The van der Waals surface area contributed by atoms with Gasteiger partial charge in [0.05, 0.1) is 27.8 Å². The summed E-state index contributed by atoms with van der Waals surface area (Å²) in [6.07, 6.45) is 0. The fourth-order valence-electron chi connectivity index (χ4n) is 9.30. The Hall–Kier alpha value is -7.42. The number of hydrogen-bond donors (Lipinski definition) is 0. The van der Waals surface area contributed by atoms with Gasteiger partial charge in [0.1, 0.15) is 0 Å². The summed E-state index contributed by atoms with van der Waals surface area (Å²) in [4.78, 5) is 0. The molecule has 0 unspecified atom stereocenters. The summed E-state index contributed by atoms with van der Waals surface area (Å²) in [6.45, 7) is 0.